The number of amides is 1. The van der Waals surface area contributed by atoms with E-state index in [0.717, 1.165) is 50.4 Å². The number of hydrogen-bond donors (Lipinski definition) is 1. The Balaban J connectivity index is 1.22. The Morgan fingerprint density at radius 3 is 2.65 bits per heavy atom. The highest BCUT2D eigenvalue weighted by Gasteiger charge is 2.32. The highest BCUT2D eigenvalue weighted by Crippen LogP contribution is 2.25. The first kappa shape index (κ1) is 22.0. The molecule has 1 aromatic carbocycles. The number of aromatic amines is 1. The highest BCUT2D eigenvalue weighted by molar-refractivity contribution is 5.78. The molecule has 31 heavy (non-hydrogen) atoms. The Hall–Kier alpha value is -2.18. The van der Waals surface area contributed by atoms with Crippen molar-refractivity contribution in [1.29, 1.82) is 0 Å². The molecule has 4 rings (SSSR count). The van der Waals surface area contributed by atoms with Crippen LogP contribution < -0.4 is 0 Å². The van der Waals surface area contributed by atoms with Crippen LogP contribution in [-0.2, 0) is 17.8 Å². The van der Waals surface area contributed by atoms with Gasteiger partial charge < -0.3 is 14.8 Å². The summed E-state index contributed by atoms with van der Waals surface area (Å²) in [4.78, 5) is 27.7. The van der Waals surface area contributed by atoms with E-state index in [4.69, 9.17) is 0 Å². The smallest absolute Gasteiger partial charge is 0.227 e. The van der Waals surface area contributed by atoms with Crippen molar-refractivity contribution in [2.75, 3.05) is 39.8 Å². The molecule has 0 unspecified atom stereocenters. The van der Waals surface area contributed by atoms with E-state index in [0.29, 0.717) is 12.6 Å². The van der Waals surface area contributed by atoms with E-state index in [1.807, 2.05) is 25.1 Å². The Morgan fingerprint density at radius 1 is 1.16 bits per heavy atom. The number of H-pyrrole nitrogens is 1. The molecule has 2 aliphatic rings. The van der Waals surface area contributed by atoms with Gasteiger partial charge in [-0.15, -0.1) is 0 Å². The maximum atomic E-state index is 13.1. The minimum atomic E-state index is 0.117. The van der Waals surface area contributed by atoms with Crippen molar-refractivity contribution in [3.05, 3.63) is 53.6 Å². The second-order valence-electron chi connectivity index (χ2n) is 9.35. The number of likely N-dealkylation sites (tertiary alicyclic amines) is 2. The molecule has 0 spiro atoms. The molecule has 2 saturated heterocycles. The molecule has 2 fully saturated rings. The minimum Gasteiger partial charge on any atom is -0.345 e. The van der Waals surface area contributed by atoms with Crippen molar-refractivity contribution in [3.8, 4) is 0 Å². The topological polar surface area (TPSA) is 55.5 Å². The quantitative estimate of drug-likeness (QED) is 0.744. The fourth-order valence-corrected chi connectivity index (χ4v) is 5.14. The lowest BCUT2D eigenvalue weighted by Gasteiger charge is -2.42. The summed E-state index contributed by atoms with van der Waals surface area (Å²) in [5.41, 5.74) is 2.46. The number of aromatic nitrogens is 2. The Kier molecular flexibility index (Phi) is 7.41. The van der Waals surface area contributed by atoms with Crippen molar-refractivity contribution in [2.24, 2.45) is 5.92 Å². The summed E-state index contributed by atoms with van der Waals surface area (Å²) in [7, 11) is 1.91. The predicted octanol–water partition coefficient (Wildman–Crippen LogP) is 3.10. The Bertz CT molecular complexity index is 827. The van der Waals surface area contributed by atoms with Gasteiger partial charge in [-0.05, 0) is 64.2 Å². The van der Waals surface area contributed by atoms with Gasteiger partial charge in [0.25, 0.3) is 0 Å². The third-order valence-electron chi connectivity index (χ3n) is 6.95. The van der Waals surface area contributed by atoms with Crippen LogP contribution >= 0.6 is 0 Å². The molecule has 0 aliphatic carbocycles. The van der Waals surface area contributed by atoms with Crippen LogP contribution in [0.4, 0.5) is 0 Å². The van der Waals surface area contributed by atoms with Crippen LogP contribution in [-0.4, -0.2) is 76.4 Å². The number of carbonyl (C=O) groups excluding carboxylic acids is 1. The summed E-state index contributed by atoms with van der Waals surface area (Å²) in [6.45, 7) is 8.09. The van der Waals surface area contributed by atoms with Gasteiger partial charge in [-0.25, -0.2) is 4.98 Å². The van der Waals surface area contributed by atoms with E-state index >= 15 is 0 Å². The van der Waals surface area contributed by atoms with Gasteiger partial charge in [-0.2, -0.15) is 0 Å². The maximum absolute atomic E-state index is 13.1. The number of nitrogens with zero attached hydrogens (tertiary/aromatic N) is 4. The minimum absolute atomic E-state index is 0.117. The van der Waals surface area contributed by atoms with Crippen molar-refractivity contribution in [1.82, 2.24) is 24.7 Å². The molecule has 6 nitrogen and oxygen atoms in total. The van der Waals surface area contributed by atoms with Gasteiger partial charge in [-0.1, -0.05) is 30.3 Å². The standard InChI is InChI=1S/C25H37N5O/c1-20-17-26-24(27-20)19-28(2)25(31)22-9-6-13-30(18-22)23-11-15-29(16-12-23)14-10-21-7-4-3-5-8-21/h3-5,7-8,17,22-23H,6,9-16,18-19H2,1-2H3,(H,26,27)/t22-/m0/s1. The van der Waals surface area contributed by atoms with Crippen molar-refractivity contribution in [3.63, 3.8) is 0 Å². The number of carbonyl (C=O) groups is 1. The van der Waals surface area contributed by atoms with Crippen molar-refractivity contribution >= 4 is 5.91 Å². The molecule has 1 amide bonds. The third kappa shape index (κ3) is 5.95. The normalized spacial score (nSPS) is 21.3. The van der Waals surface area contributed by atoms with Crippen LogP contribution in [0.2, 0.25) is 0 Å². The molecule has 6 heteroatoms. The first-order valence-electron chi connectivity index (χ1n) is 11.8. The number of nitrogens with one attached hydrogen (secondary N) is 1. The van der Waals surface area contributed by atoms with Gasteiger partial charge in [0.05, 0.1) is 12.5 Å². The molecular weight excluding hydrogens is 386 g/mol. The SMILES string of the molecule is Cc1cnc(CN(C)C(=O)[C@H]2CCCN(C3CCN(CCc4ccccc4)CC3)C2)[nH]1. The zero-order chi connectivity index (χ0) is 21.6. The Labute approximate surface area is 186 Å². The largest absolute Gasteiger partial charge is 0.345 e. The van der Waals surface area contributed by atoms with Crippen LogP contribution in [0.5, 0.6) is 0 Å². The number of piperidine rings is 2. The summed E-state index contributed by atoms with van der Waals surface area (Å²) < 4.78 is 0. The van der Waals surface area contributed by atoms with Crippen LogP contribution in [0, 0.1) is 12.8 Å². The molecule has 1 aromatic heterocycles. The molecule has 1 atom stereocenters. The van der Waals surface area contributed by atoms with E-state index in [-0.39, 0.29) is 11.8 Å². The second-order valence-corrected chi connectivity index (χ2v) is 9.35. The summed E-state index contributed by atoms with van der Waals surface area (Å²) in [6, 6.07) is 11.4. The van der Waals surface area contributed by atoms with Gasteiger partial charge in [-0.3, -0.25) is 9.69 Å². The molecule has 2 aliphatic heterocycles. The number of benzene rings is 1. The lowest BCUT2D eigenvalue weighted by Crippen LogP contribution is -2.51. The zero-order valence-electron chi connectivity index (χ0n) is 19.1. The summed E-state index contributed by atoms with van der Waals surface area (Å²) in [5, 5.41) is 0. The van der Waals surface area contributed by atoms with Gasteiger partial charge in [0.2, 0.25) is 5.91 Å². The van der Waals surface area contributed by atoms with Crippen LogP contribution in [0.15, 0.2) is 36.5 Å². The first-order valence-corrected chi connectivity index (χ1v) is 11.8. The second kappa shape index (κ2) is 10.4. The van der Waals surface area contributed by atoms with E-state index in [1.165, 1.54) is 31.5 Å². The molecule has 0 radical (unpaired) electrons. The summed E-state index contributed by atoms with van der Waals surface area (Å²) in [6.07, 6.45) is 7.52. The fraction of sp³-hybridized carbons (Fsp3) is 0.600. The number of aryl methyl sites for hydroxylation is 1. The number of imidazole rings is 1. The first-order chi connectivity index (χ1) is 15.1. The van der Waals surface area contributed by atoms with Crippen LogP contribution in [0.3, 0.4) is 0 Å². The average molecular weight is 424 g/mol. The number of hydrogen-bond acceptors (Lipinski definition) is 4. The van der Waals surface area contributed by atoms with Gasteiger partial charge in [0, 0.05) is 38.1 Å². The molecule has 0 bridgehead atoms. The summed E-state index contributed by atoms with van der Waals surface area (Å²) >= 11 is 0. The molecule has 1 N–H and O–H groups in total. The van der Waals surface area contributed by atoms with Crippen LogP contribution in [0.1, 0.15) is 42.8 Å². The molecule has 168 valence electrons. The van der Waals surface area contributed by atoms with Gasteiger partial charge >= 0.3 is 0 Å². The molecule has 2 aromatic rings. The lowest BCUT2D eigenvalue weighted by molar-refractivity contribution is -0.137. The maximum Gasteiger partial charge on any atom is 0.227 e. The Morgan fingerprint density at radius 2 is 1.94 bits per heavy atom. The van der Waals surface area contributed by atoms with E-state index in [2.05, 4.69) is 50.1 Å². The van der Waals surface area contributed by atoms with E-state index < -0.39 is 0 Å². The molecule has 3 heterocycles. The highest BCUT2D eigenvalue weighted by atomic mass is 16.2. The van der Waals surface area contributed by atoms with Gasteiger partial charge in [0.15, 0.2) is 0 Å². The zero-order valence-corrected chi connectivity index (χ0v) is 19.1. The van der Waals surface area contributed by atoms with Gasteiger partial charge in [0.1, 0.15) is 5.82 Å². The van der Waals surface area contributed by atoms with Crippen LogP contribution in [0.25, 0.3) is 0 Å². The molecule has 0 saturated carbocycles. The third-order valence-corrected chi connectivity index (χ3v) is 6.95. The predicted molar refractivity (Wildman–Crippen MR) is 124 cm³/mol. The van der Waals surface area contributed by atoms with E-state index in [1.54, 1.807) is 0 Å². The van der Waals surface area contributed by atoms with Crippen molar-refractivity contribution in [2.45, 2.75) is 51.6 Å². The monoisotopic (exact) mass is 423 g/mol. The van der Waals surface area contributed by atoms with Crippen molar-refractivity contribution < 1.29 is 4.79 Å². The fourth-order valence-electron chi connectivity index (χ4n) is 5.14. The number of rotatable bonds is 7. The van der Waals surface area contributed by atoms with E-state index in [9.17, 15) is 4.79 Å². The molecular formula is C25H37N5O. The summed E-state index contributed by atoms with van der Waals surface area (Å²) in [5.74, 6) is 1.24. The average Bonchev–Trinajstić information content (AvgIpc) is 3.22. The lowest BCUT2D eigenvalue weighted by atomic mass is 9.93.